The molecular weight excluding hydrogens is 210 g/mol. The Morgan fingerprint density at radius 3 is 2.65 bits per heavy atom. The van der Waals surface area contributed by atoms with Gasteiger partial charge in [-0.25, -0.2) is 0 Å². The number of hydrogen-bond acceptors (Lipinski definition) is 2. The van der Waals surface area contributed by atoms with Crippen LogP contribution in [0.4, 0.5) is 0 Å². The highest BCUT2D eigenvalue weighted by Gasteiger charge is 2.00. The van der Waals surface area contributed by atoms with E-state index in [9.17, 15) is 0 Å². The SMILES string of the molecule is CC(CN)CCOc1ccc2ccccc2c1. The van der Waals surface area contributed by atoms with E-state index in [-0.39, 0.29) is 0 Å². The predicted octanol–water partition coefficient (Wildman–Crippen LogP) is 3.20. The minimum absolute atomic E-state index is 0.524. The summed E-state index contributed by atoms with van der Waals surface area (Å²) in [6, 6.07) is 14.5. The molecule has 0 aliphatic heterocycles. The molecule has 0 fully saturated rings. The van der Waals surface area contributed by atoms with Gasteiger partial charge in [-0.05, 0) is 41.8 Å². The number of nitrogens with two attached hydrogens (primary N) is 1. The van der Waals surface area contributed by atoms with Crippen LogP contribution in [0, 0.1) is 5.92 Å². The van der Waals surface area contributed by atoms with Crippen LogP contribution in [0.5, 0.6) is 5.75 Å². The van der Waals surface area contributed by atoms with Crippen LogP contribution in [-0.2, 0) is 0 Å². The van der Waals surface area contributed by atoms with E-state index in [1.807, 2.05) is 18.2 Å². The summed E-state index contributed by atoms with van der Waals surface area (Å²) in [6.45, 7) is 3.60. The molecule has 0 saturated heterocycles. The van der Waals surface area contributed by atoms with Gasteiger partial charge in [-0.3, -0.25) is 0 Å². The summed E-state index contributed by atoms with van der Waals surface area (Å²) in [5.41, 5.74) is 5.57. The van der Waals surface area contributed by atoms with Gasteiger partial charge < -0.3 is 10.5 Å². The summed E-state index contributed by atoms with van der Waals surface area (Å²) in [5.74, 6) is 1.46. The smallest absolute Gasteiger partial charge is 0.119 e. The molecule has 1 atom stereocenters. The Morgan fingerprint density at radius 1 is 1.12 bits per heavy atom. The average molecular weight is 229 g/mol. The van der Waals surface area contributed by atoms with Gasteiger partial charge in [0.15, 0.2) is 0 Å². The minimum atomic E-state index is 0.524. The Hall–Kier alpha value is -1.54. The quantitative estimate of drug-likeness (QED) is 0.854. The number of benzene rings is 2. The molecule has 0 amide bonds. The van der Waals surface area contributed by atoms with Crippen LogP contribution < -0.4 is 10.5 Å². The van der Waals surface area contributed by atoms with Crippen molar-refractivity contribution in [2.75, 3.05) is 13.2 Å². The van der Waals surface area contributed by atoms with E-state index in [2.05, 4.69) is 31.2 Å². The van der Waals surface area contributed by atoms with Gasteiger partial charge in [-0.2, -0.15) is 0 Å². The summed E-state index contributed by atoms with van der Waals surface area (Å²) in [5, 5.41) is 2.46. The van der Waals surface area contributed by atoms with Crippen LogP contribution in [0.2, 0.25) is 0 Å². The Balaban J connectivity index is 1.99. The maximum atomic E-state index is 5.73. The van der Waals surface area contributed by atoms with E-state index in [0.717, 1.165) is 25.3 Å². The molecule has 0 saturated carbocycles. The highest BCUT2D eigenvalue weighted by Crippen LogP contribution is 2.20. The molecule has 2 aromatic carbocycles. The molecule has 0 aromatic heterocycles. The van der Waals surface area contributed by atoms with Gasteiger partial charge in [0, 0.05) is 0 Å². The van der Waals surface area contributed by atoms with E-state index in [1.54, 1.807) is 0 Å². The third-order valence-corrected chi connectivity index (χ3v) is 3.00. The van der Waals surface area contributed by atoms with E-state index in [4.69, 9.17) is 10.5 Å². The molecule has 90 valence electrons. The Bertz CT molecular complexity index is 481. The lowest BCUT2D eigenvalue weighted by Crippen LogP contribution is -2.13. The average Bonchev–Trinajstić information content (AvgIpc) is 2.38. The van der Waals surface area contributed by atoms with Crippen molar-refractivity contribution in [3.63, 3.8) is 0 Å². The lowest BCUT2D eigenvalue weighted by molar-refractivity contribution is 0.286. The second-order valence-corrected chi connectivity index (χ2v) is 4.49. The first-order valence-corrected chi connectivity index (χ1v) is 6.11. The molecular formula is C15H19NO. The van der Waals surface area contributed by atoms with Crippen LogP contribution >= 0.6 is 0 Å². The fourth-order valence-corrected chi connectivity index (χ4v) is 1.75. The van der Waals surface area contributed by atoms with E-state index >= 15 is 0 Å². The first-order chi connectivity index (χ1) is 8.29. The Morgan fingerprint density at radius 2 is 1.88 bits per heavy atom. The monoisotopic (exact) mass is 229 g/mol. The second-order valence-electron chi connectivity index (χ2n) is 4.49. The number of ether oxygens (including phenoxy) is 1. The first kappa shape index (κ1) is 11.9. The van der Waals surface area contributed by atoms with Gasteiger partial charge in [0.25, 0.3) is 0 Å². The normalized spacial score (nSPS) is 12.6. The molecule has 0 aliphatic rings. The van der Waals surface area contributed by atoms with Crippen molar-refractivity contribution in [2.45, 2.75) is 13.3 Å². The molecule has 1 unspecified atom stereocenters. The van der Waals surface area contributed by atoms with Crippen molar-refractivity contribution in [3.8, 4) is 5.75 Å². The lowest BCUT2D eigenvalue weighted by atomic mass is 10.1. The molecule has 2 aromatic rings. The van der Waals surface area contributed by atoms with Gasteiger partial charge in [0.2, 0.25) is 0 Å². The molecule has 0 heterocycles. The number of fused-ring (bicyclic) bond motifs is 1. The highest BCUT2D eigenvalue weighted by atomic mass is 16.5. The summed E-state index contributed by atoms with van der Waals surface area (Å²) in [4.78, 5) is 0. The summed E-state index contributed by atoms with van der Waals surface area (Å²) >= 11 is 0. The Labute approximate surface area is 102 Å². The fraction of sp³-hybridized carbons (Fsp3) is 0.333. The standard InChI is InChI=1S/C15H19NO/c1-12(11-16)8-9-17-15-7-6-13-4-2-3-5-14(13)10-15/h2-7,10,12H,8-9,11,16H2,1H3. The molecule has 2 heteroatoms. The van der Waals surface area contributed by atoms with Crippen molar-refractivity contribution in [1.29, 1.82) is 0 Å². The maximum Gasteiger partial charge on any atom is 0.119 e. The van der Waals surface area contributed by atoms with Gasteiger partial charge >= 0.3 is 0 Å². The minimum Gasteiger partial charge on any atom is -0.494 e. The molecule has 2 nitrogen and oxygen atoms in total. The van der Waals surface area contributed by atoms with E-state index in [0.29, 0.717) is 5.92 Å². The van der Waals surface area contributed by atoms with E-state index in [1.165, 1.54) is 10.8 Å². The largest absolute Gasteiger partial charge is 0.494 e. The molecule has 2 N–H and O–H groups in total. The molecule has 17 heavy (non-hydrogen) atoms. The van der Waals surface area contributed by atoms with Gasteiger partial charge in [0.1, 0.15) is 5.75 Å². The summed E-state index contributed by atoms with van der Waals surface area (Å²) in [6.07, 6.45) is 1.00. The lowest BCUT2D eigenvalue weighted by Gasteiger charge is -2.10. The molecule has 0 aliphatic carbocycles. The molecule has 2 rings (SSSR count). The summed E-state index contributed by atoms with van der Waals surface area (Å²) in [7, 11) is 0. The highest BCUT2D eigenvalue weighted by molar-refractivity contribution is 5.83. The van der Waals surface area contributed by atoms with Crippen LogP contribution in [0.1, 0.15) is 13.3 Å². The zero-order chi connectivity index (χ0) is 12.1. The maximum absolute atomic E-state index is 5.73. The van der Waals surface area contributed by atoms with Crippen LogP contribution in [0.15, 0.2) is 42.5 Å². The summed E-state index contributed by atoms with van der Waals surface area (Å²) < 4.78 is 5.73. The number of hydrogen-bond donors (Lipinski definition) is 1. The molecule has 0 bridgehead atoms. The molecule has 0 radical (unpaired) electrons. The zero-order valence-electron chi connectivity index (χ0n) is 10.2. The number of rotatable bonds is 5. The third kappa shape index (κ3) is 3.21. The van der Waals surface area contributed by atoms with Crippen molar-refractivity contribution in [1.82, 2.24) is 0 Å². The van der Waals surface area contributed by atoms with Crippen LogP contribution in [-0.4, -0.2) is 13.2 Å². The second kappa shape index (κ2) is 5.69. The van der Waals surface area contributed by atoms with Gasteiger partial charge in [-0.1, -0.05) is 37.3 Å². The van der Waals surface area contributed by atoms with Crippen LogP contribution in [0.25, 0.3) is 10.8 Å². The van der Waals surface area contributed by atoms with Crippen molar-refractivity contribution in [2.24, 2.45) is 11.7 Å². The van der Waals surface area contributed by atoms with Gasteiger partial charge in [0.05, 0.1) is 6.61 Å². The van der Waals surface area contributed by atoms with Crippen molar-refractivity contribution in [3.05, 3.63) is 42.5 Å². The van der Waals surface area contributed by atoms with Crippen molar-refractivity contribution >= 4 is 10.8 Å². The third-order valence-electron chi connectivity index (χ3n) is 3.00. The zero-order valence-corrected chi connectivity index (χ0v) is 10.2. The van der Waals surface area contributed by atoms with Crippen molar-refractivity contribution < 1.29 is 4.74 Å². The van der Waals surface area contributed by atoms with Crippen LogP contribution in [0.3, 0.4) is 0 Å². The topological polar surface area (TPSA) is 35.2 Å². The predicted molar refractivity (Wildman–Crippen MR) is 72.3 cm³/mol. The fourth-order valence-electron chi connectivity index (χ4n) is 1.75. The van der Waals surface area contributed by atoms with E-state index < -0.39 is 0 Å². The molecule has 0 spiro atoms. The first-order valence-electron chi connectivity index (χ1n) is 6.11. The van der Waals surface area contributed by atoms with Gasteiger partial charge in [-0.15, -0.1) is 0 Å². The Kier molecular flexibility index (Phi) is 3.99.